The highest BCUT2D eigenvalue weighted by atomic mass is 16.5. The van der Waals surface area contributed by atoms with E-state index in [0.29, 0.717) is 30.2 Å². The molecule has 0 saturated heterocycles. The lowest BCUT2D eigenvalue weighted by Crippen LogP contribution is -2.24. The lowest BCUT2D eigenvalue weighted by molar-refractivity contribution is -0.136. The summed E-state index contributed by atoms with van der Waals surface area (Å²) in [5.74, 6) is 0.149. The molecule has 1 aromatic rings. The molecule has 1 heterocycles. The number of hydrogen-bond donors (Lipinski definition) is 0. The fraction of sp³-hybridized carbons (Fsp3) is 0.440. The van der Waals surface area contributed by atoms with Gasteiger partial charge in [0.15, 0.2) is 0 Å². The van der Waals surface area contributed by atoms with Crippen LogP contribution in [0, 0.1) is 18.8 Å². The first-order valence-corrected chi connectivity index (χ1v) is 10.3. The summed E-state index contributed by atoms with van der Waals surface area (Å²) in [5, 5.41) is 0. The molecular formula is C25H32O4. The predicted octanol–water partition coefficient (Wildman–Crippen LogP) is 5.36. The number of fused-ring (bicyclic) bond motifs is 1. The predicted molar refractivity (Wildman–Crippen MR) is 116 cm³/mol. The SMILES string of the molecule is C=CCOC(=O)/C=C/C[C@H]1C[C@@H](C)[C@@H](C)C/C=C/Cc2cccc(C)c2C(=O)O1. The molecule has 0 saturated carbocycles. The summed E-state index contributed by atoms with van der Waals surface area (Å²) in [6.07, 6.45) is 11.6. The number of hydrogen-bond acceptors (Lipinski definition) is 4. The lowest BCUT2D eigenvalue weighted by atomic mass is 9.87. The molecule has 0 amide bonds. The lowest BCUT2D eigenvalue weighted by Gasteiger charge is -2.25. The molecule has 4 nitrogen and oxygen atoms in total. The number of carbonyl (C=O) groups excluding carboxylic acids is 2. The second-order valence-corrected chi connectivity index (χ2v) is 7.79. The van der Waals surface area contributed by atoms with E-state index < -0.39 is 5.97 Å². The molecule has 0 spiro atoms. The van der Waals surface area contributed by atoms with Gasteiger partial charge in [-0.25, -0.2) is 9.59 Å². The number of cyclic esters (lactones) is 1. The van der Waals surface area contributed by atoms with Crippen LogP contribution in [0.15, 0.2) is 55.2 Å². The smallest absolute Gasteiger partial charge is 0.338 e. The van der Waals surface area contributed by atoms with E-state index in [1.165, 1.54) is 12.2 Å². The highest BCUT2D eigenvalue weighted by Gasteiger charge is 2.23. The normalized spacial score (nSPS) is 24.0. The van der Waals surface area contributed by atoms with Gasteiger partial charge in [0.25, 0.3) is 0 Å². The van der Waals surface area contributed by atoms with Crippen LogP contribution < -0.4 is 0 Å². The summed E-state index contributed by atoms with van der Waals surface area (Å²) >= 11 is 0. The molecule has 0 unspecified atom stereocenters. The Morgan fingerprint density at radius 1 is 1.28 bits per heavy atom. The number of allylic oxidation sites excluding steroid dienone is 2. The van der Waals surface area contributed by atoms with Crippen molar-refractivity contribution in [1.29, 1.82) is 0 Å². The van der Waals surface area contributed by atoms with Gasteiger partial charge in [-0.15, -0.1) is 0 Å². The number of aryl methyl sites for hydroxylation is 1. The Bertz CT molecular complexity index is 775. The highest BCUT2D eigenvalue weighted by Crippen LogP contribution is 2.26. The van der Waals surface area contributed by atoms with Crippen molar-refractivity contribution in [2.24, 2.45) is 11.8 Å². The molecular weight excluding hydrogens is 364 g/mol. The monoisotopic (exact) mass is 396 g/mol. The van der Waals surface area contributed by atoms with Crippen LogP contribution in [-0.2, 0) is 20.7 Å². The molecule has 3 atom stereocenters. The van der Waals surface area contributed by atoms with E-state index in [0.717, 1.165) is 24.0 Å². The summed E-state index contributed by atoms with van der Waals surface area (Å²) < 4.78 is 10.9. The molecule has 1 aliphatic rings. The molecule has 29 heavy (non-hydrogen) atoms. The molecule has 4 heteroatoms. The first-order chi connectivity index (χ1) is 13.9. The van der Waals surface area contributed by atoms with Crippen LogP contribution in [0.1, 0.15) is 54.6 Å². The molecule has 1 aromatic carbocycles. The minimum Gasteiger partial charge on any atom is -0.458 e. The summed E-state index contributed by atoms with van der Waals surface area (Å²) in [6.45, 7) is 10.0. The van der Waals surface area contributed by atoms with Crippen LogP contribution in [0.3, 0.4) is 0 Å². The Labute approximate surface area is 174 Å². The first kappa shape index (κ1) is 22.7. The van der Waals surface area contributed by atoms with Crippen molar-refractivity contribution < 1.29 is 19.1 Å². The summed E-state index contributed by atoms with van der Waals surface area (Å²) in [6, 6.07) is 5.89. The Hall–Kier alpha value is -2.62. The van der Waals surface area contributed by atoms with E-state index in [1.54, 1.807) is 6.08 Å². The minimum absolute atomic E-state index is 0.180. The second-order valence-electron chi connectivity index (χ2n) is 7.79. The van der Waals surface area contributed by atoms with Crippen molar-refractivity contribution in [3.63, 3.8) is 0 Å². The van der Waals surface area contributed by atoms with Crippen LogP contribution in [0.5, 0.6) is 0 Å². The summed E-state index contributed by atoms with van der Waals surface area (Å²) in [4.78, 5) is 24.7. The van der Waals surface area contributed by atoms with Crippen molar-refractivity contribution in [1.82, 2.24) is 0 Å². The van der Waals surface area contributed by atoms with Gasteiger partial charge in [0, 0.05) is 12.5 Å². The zero-order valence-electron chi connectivity index (χ0n) is 17.7. The summed E-state index contributed by atoms with van der Waals surface area (Å²) in [7, 11) is 0. The van der Waals surface area contributed by atoms with E-state index >= 15 is 0 Å². The molecule has 0 aliphatic carbocycles. The molecule has 2 rings (SSSR count). The Morgan fingerprint density at radius 3 is 2.83 bits per heavy atom. The van der Waals surface area contributed by atoms with Crippen molar-refractivity contribution in [3.05, 3.63) is 71.8 Å². The Kier molecular flexibility index (Phi) is 8.91. The van der Waals surface area contributed by atoms with Crippen molar-refractivity contribution in [2.75, 3.05) is 6.61 Å². The van der Waals surface area contributed by atoms with Gasteiger partial charge in [0.2, 0.25) is 0 Å². The molecule has 156 valence electrons. The molecule has 0 bridgehead atoms. The van der Waals surface area contributed by atoms with Gasteiger partial charge >= 0.3 is 11.9 Å². The van der Waals surface area contributed by atoms with Crippen molar-refractivity contribution in [2.45, 2.75) is 52.6 Å². The molecule has 0 fully saturated rings. The van der Waals surface area contributed by atoms with Crippen LogP contribution >= 0.6 is 0 Å². The zero-order chi connectivity index (χ0) is 21.2. The van der Waals surface area contributed by atoms with Crippen molar-refractivity contribution >= 4 is 11.9 Å². The third kappa shape index (κ3) is 7.04. The van der Waals surface area contributed by atoms with E-state index in [1.807, 2.05) is 25.1 Å². The maximum atomic E-state index is 13.0. The van der Waals surface area contributed by atoms with Gasteiger partial charge in [0.05, 0.1) is 5.56 Å². The Balaban J connectivity index is 2.22. The van der Waals surface area contributed by atoms with Gasteiger partial charge < -0.3 is 9.47 Å². The van der Waals surface area contributed by atoms with E-state index in [9.17, 15) is 9.59 Å². The molecule has 1 aliphatic heterocycles. The maximum Gasteiger partial charge on any atom is 0.338 e. The number of esters is 2. The van der Waals surface area contributed by atoms with E-state index in [-0.39, 0.29) is 18.7 Å². The van der Waals surface area contributed by atoms with Gasteiger partial charge in [-0.05, 0) is 49.1 Å². The average Bonchev–Trinajstić information content (AvgIpc) is 2.68. The second kappa shape index (κ2) is 11.4. The van der Waals surface area contributed by atoms with Crippen LogP contribution in [-0.4, -0.2) is 24.6 Å². The number of rotatable bonds is 5. The number of benzene rings is 1. The minimum atomic E-state index is -0.419. The fourth-order valence-corrected chi connectivity index (χ4v) is 3.50. The third-order valence-corrected chi connectivity index (χ3v) is 5.45. The number of carbonyl (C=O) groups is 2. The fourth-order valence-electron chi connectivity index (χ4n) is 3.50. The Morgan fingerprint density at radius 2 is 2.07 bits per heavy atom. The zero-order valence-corrected chi connectivity index (χ0v) is 17.7. The topological polar surface area (TPSA) is 52.6 Å². The largest absolute Gasteiger partial charge is 0.458 e. The standard InChI is InChI=1S/C25H32O4/c1-5-16-28-23(26)15-9-14-22-17-20(4)18(2)10-6-7-12-21-13-8-11-19(3)24(21)25(27)29-22/h5-9,11,13,15,18,20,22H,1,10,12,14,16-17H2,2-4H3/b7-6+,15-9+/t18-,20+,22-/m0/s1. The van der Waals surface area contributed by atoms with Crippen molar-refractivity contribution in [3.8, 4) is 0 Å². The van der Waals surface area contributed by atoms with E-state index in [4.69, 9.17) is 9.47 Å². The van der Waals surface area contributed by atoms with Crippen LogP contribution in [0.25, 0.3) is 0 Å². The molecule has 0 radical (unpaired) electrons. The quantitative estimate of drug-likeness (QED) is 0.382. The molecule has 0 N–H and O–H groups in total. The molecule has 0 aromatic heterocycles. The van der Waals surface area contributed by atoms with Gasteiger partial charge in [-0.2, -0.15) is 0 Å². The van der Waals surface area contributed by atoms with Crippen LogP contribution in [0.2, 0.25) is 0 Å². The van der Waals surface area contributed by atoms with Gasteiger partial charge in [-0.3, -0.25) is 0 Å². The van der Waals surface area contributed by atoms with Gasteiger partial charge in [-0.1, -0.05) is 62.9 Å². The number of ether oxygens (including phenoxy) is 2. The van der Waals surface area contributed by atoms with Gasteiger partial charge in [0.1, 0.15) is 12.7 Å². The highest BCUT2D eigenvalue weighted by molar-refractivity contribution is 5.93. The first-order valence-electron chi connectivity index (χ1n) is 10.3. The van der Waals surface area contributed by atoms with Crippen LogP contribution in [0.4, 0.5) is 0 Å². The third-order valence-electron chi connectivity index (χ3n) is 5.45. The maximum absolute atomic E-state index is 13.0. The van der Waals surface area contributed by atoms with E-state index in [2.05, 4.69) is 32.6 Å². The average molecular weight is 397 g/mol. The summed E-state index contributed by atoms with van der Waals surface area (Å²) in [5.41, 5.74) is 2.55.